The fourth-order valence-corrected chi connectivity index (χ4v) is 1.63. The normalized spacial score (nSPS) is 10.2. The number of aromatic nitrogens is 2. The fourth-order valence-electron chi connectivity index (χ4n) is 1.63. The lowest BCUT2D eigenvalue weighted by Crippen LogP contribution is -2.06. The van der Waals surface area contributed by atoms with Crippen LogP contribution in [-0.2, 0) is 11.2 Å². The molecule has 0 aliphatic carbocycles. The topological polar surface area (TPSA) is 55.0 Å². The minimum absolute atomic E-state index is 0.327. The molecule has 0 radical (unpaired) electrons. The number of esters is 1. The van der Waals surface area contributed by atoms with Crippen LogP contribution in [-0.4, -0.2) is 22.8 Å². The van der Waals surface area contributed by atoms with Crippen molar-refractivity contribution in [1.82, 2.24) is 10.2 Å². The van der Waals surface area contributed by atoms with E-state index in [1.54, 1.807) is 6.92 Å². The molecule has 0 atom stereocenters. The van der Waals surface area contributed by atoms with E-state index in [0.717, 1.165) is 11.3 Å². The summed E-state index contributed by atoms with van der Waals surface area (Å²) in [7, 11) is 0. The highest BCUT2D eigenvalue weighted by Gasteiger charge is 2.14. The van der Waals surface area contributed by atoms with Crippen molar-refractivity contribution in [3.05, 3.63) is 53.3 Å². The lowest BCUT2D eigenvalue weighted by Gasteiger charge is -2.03. The monoisotopic (exact) mass is 230 g/mol. The number of aromatic amines is 1. The lowest BCUT2D eigenvalue weighted by molar-refractivity contribution is 0.0525. The number of H-pyrrole nitrogens is 1. The second-order valence-electron chi connectivity index (χ2n) is 3.65. The molecule has 0 aliphatic rings. The van der Waals surface area contributed by atoms with Crippen LogP contribution in [0.25, 0.3) is 0 Å². The number of hydrogen-bond donors (Lipinski definition) is 1. The first-order valence-corrected chi connectivity index (χ1v) is 5.54. The summed E-state index contributed by atoms with van der Waals surface area (Å²) in [6.45, 7) is 2.16. The Morgan fingerprint density at radius 3 is 2.82 bits per heavy atom. The molecule has 0 bridgehead atoms. The maximum atomic E-state index is 11.6. The van der Waals surface area contributed by atoms with Crippen molar-refractivity contribution in [2.24, 2.45) is 0 Å². The summed E-state index contributed by atoms with van der Waals surface area (Å²) in [5, 5.41) is 6.74. The third-order valence-electron chi connectivity index (χ3n) is 2.44. The lowest BCUT2D eigenvalue weighted by atomic mass is 10.1. The number of carbonyl (C=O) groups is 1. The van der Waals surface area contributed by atoms with E-state index in [-0.39, 0.29) is 5.97 Å². The molecule has 2 rings (SSSR count). The Morgan fingerprint density at radius 2 is 2.12 bits per heavy atom. The van der Waals surface area contributed by atoms with Crippen molar-refractivity contribution in [1.29, 1.82) is 0 Å². The second-order valence-corrected chi connectivity index (χ2v) is 3.65. The summed E-state index contributed by atoms with van der Waals surface area (Å²) in [5.74, 6) is -0.327. The van der Waals surface area contributed by atoms with Crippen molar-refractivity contribution >= 4 is 5.97 Å². The molecule has 17 heavy (non-hydrogen) atoms. The number of ether oxygens (including phenoxy) is 1. The van der Waals surface area contributed by atoms with Crippen LogP contribution in [0.4, 0.5) is 0 Å². The molecule has 1 aromatic heterocycles. The van der Waals surface area contributed by atoms with Gasteiger partial charge in [-0.3, -0.25) is 5.10 Å². The second kappa shape index (κ2) is 5.30. The Bertz CT molecular complexity index is 491. The van der Waals surface area contributed by atoms with Crippen molar-refractivity contribution in [2.75, 3.05) is 6.61 Å². The van der Waals surface area contributed by atoms with Gasteiger partial charge in [0.2, 0.25) is 0 Å². The van der Waals surface area contributed by atoms with Crippen LogP contribution < -0.4 is 0 Å². The maximum absolute atomic E-state index is 11.6. The molecule has 1 aromatic carbocycles. The van der Waals surface area contributed by atoms with Crippen molar-refractivity contribution in [3.8, 4) is 0 Å². The largest absolute Gasteiger partial charge is 0.462 e. The number of hydrogen-bond acceptors (Lipinski definition) is 3. The van der Waals surface area contributed by atoms with Crippen LogP contribution in [0, 0.1) is 0 Å². The Balaban J connectivity index is 2.17. The molecular weight excluding hydrogens is 216 g/mol. The van der Waals surface area contributed by atoms with E-state index in [1.807, 2.05) is 30.3 Å². The summed E-state index contributed by atoms with van der Waals surface area (Å²) in [6.07, 6.45) is 2.16. The van der Waals surface area contributed by atoms with Gasteiger partial charge in [-0.1, -0.05) is 30.3 Å². The third kappa shape index (κ3) is 2.72. The highest BCUT2D eigenvalue weighted by atomic mass is 16.5. The van der Waals surface area contributed by atoms with Gasteiger partial charge in [0.05, 0.1) is 18.5 Å². The van der Waals surface area contributed by atoms with Crippen LogP contribution in [0.5, 0.6) is 0 Å². The van der Waals surface area contributed by atoms with Crippen molar-refractivity contribution in [2.45, 2.75) is 13.3 Å². The third-order valence-corrected chi connectivity index (χ3v) is 2.44. The highest BCUT2D eigenvalue weighted by molar-refractivity contribution is 5.90. The van der Waals surface area contributed by atoms with Crippen LogP contribution in [0.3, 0.4) is 0 Å². The van der Waals surface area contributed by atoms with Gasteiger partial charge < -0.3 is 4.74 Å². The Labute approximate surface area is 99.6 Å². The summed E-state index contributed by atoms with van der Waals surface area (Å²) in [5.41, 5.74) is 2.42. The summed E-state index contributed by atoms with van der Waals surface area (Å²) in [4.78, 5) is 11.6. The van der Waals surface area contributed by atoms with Gasteiger partial charge in [0.25, 0.3) is 0 Å². The summed E-state index contributed by atoms with van der Waals surface area (Å²) >= 11 is 0. The smallest absolute Gasteiger partial charge is 0.341 e. The molecule has 1 N–H and O–H groups in total. The molecule has 0 spiro atoms. The van der Waals surface area contributed by atoms with Gasteiger partial charge in [0, 0.05) is 6.42 Å². The van der Waals surface area contributed by atoms with E-state index >= 15 is 0 Å². The standard InChI is InChI=1S/C13H14N2O2/c1-2-17-13(16)11-9-14-15-12(11)8-10-6-4-3-5-7-10/h3-7,9H,2,8H2,1H3,(H,14,15). The predicted octanol–water partition coefficient (Wildman–Crippen LogP) is 2.18. The molecule has 1 heterocycles. The van der Waals surface area contributed by atoms with Gasteiger partial charge >= 0.3 is 5.97 Å². The van der Waals surface area contributed by atoms with Gasteiger partial charge in [-0.25, -0.2) is 4.79 Å². The highest BCUT2D eigenvalue weighted by Crippen LogP contribution is 2.12. The molecule has 0 saturated heterocycles. The molecule has 2 aromatic rings. The molecule has 88 valence electrons. The SMILES string of the molecule is CCOC(=O)c1cn[nH]c1Cc1ccccc1. The zero-order valence-electron chi connectivity index (χ0n) is 9.64. The molecule has 0 unspecified atom stereocenters. The Hall–Kier alpha value is -2.10. The molecule has 0 fully saturated rings. The van der Waals surface area contributed by atoms with Crippen LogP contribution in [0.15, 0.2) is 36.5 Å². The number of carbonyl (C=O) groups excluding carboxylic acids is 1. The molecule has 0 saturated carbocycles. The average Bonchev–Trinajstić information content (AvgIpc) is 2.79. The minimum atomic E-state index is -0.327. The first kappa shape index (κ1) is 11.4. The number of benzene rings is 1. The van der Waals surface area contributed by atoms with Gasteiger partial charge in [0.1, 0.15) is 5.56 Å². The average molecular weight is 230 g/mol. The van der Waals surface area contributed by atoms with E-state index in [9.17, 15) is 4.79 Å². The minimum Gasteiger partial charge on any atom is -0.462 e. The van der Waals surface area contributed by atoms with Crippen molar-refractivity contribution in [3.63, 3.8) is 0 Å². The van der Waals surface area contributed by atoms with E-state index in [4.69, 9.17) is 4.74 Å². The number of nitrogens with zero attached hydrogens (tertiary/aromatic N) is 1. The Morgan fingerprint density at radius 1 is 1.35 bits per heavy atom. The number of rotatable bonds is 4. The van der Waals surface area contributed by atoms with Gasteiger partial charge in [0.15, 0.2) is 0 Å². The van der Waals surface area contributed by atoms with E-state index in [2.05, 4.69) is 10.2 Å². The van der Waals surface area contributed by atoms with E-state index in [1.165, 1.54) is 6.20 Å². The van der Waals surface area contributed by atoms with Crippen LogP contribution in [0.1, 0.15) is 28.5 Å². The van der Waals surface area contributed by atoms with Gasteiger partial charge in [-0.15, -0.1) is 0 Å². The zero-order valence-corrected chi connectivity index (χ0v) is 9.64. The first-order chi connectivity index (χ1) is 8.31. The predicted molar refractivity (Wildman–Crippen MR) is 63.8 cm³/mol. The molecule has 4 nitrogen and oxygen atoms in total. The summed E-state index contributed by atoms with van der Waals surface area (Å²) in [6, 6.07) is 9.92. The van der Waals surface area contributed by atoms with Crippen molar-refractivity contribution < 1.29 is 9.53 Å². The quantitative estimate of drug-likeness (QED) is 0.819. The first-order valence-electron chi connectivity index (χ1n) is 5.54. The van der Waals surface area contributed by atoms with Gasteiger partial charge in [-0.2, -0.15) is 5.10 Å². The molecule has 4 heteroatoms. The zero-order chi connectivity index (χ0) is 12.1. The summed E-state index contributed by atoms with van der Waals surface area (Å²) < 4.78 is 4.97. The van der Waals surface area contributed by atoms with E-state index < -0.39 is 0 Å². The Kier molecular flexibility index (Phi) is 3.55. The van der Waals surface area contributed by atoms with E-state index in [0.29, 0.717) is 18.6 Å². The number of nitrogens with one attached hydrogen (secondary N) is 1. The van der Waals surface area contributed by atoms with Gasteiger partial charge in [-0.05, 0) is 12.5 Å². The molecule has 0 amide bonds. The van der Waals surface area contributed by atoms with Crippen LogP contribution >= 0.6 is 0 Å². The van der Waals surface area contributed by atoms with Crippen LogP contribution in [0.2, 0.25) is 0 Å². The fraction of sp³-hybridized carbons (Fsp3) is 0.231. The molecule has 0 aliphatic heterocycles. The molecular formula is C13H14N2O2. The maximum Gasteiger partial charge on any atom is 0.341 e.